The Labute approximate surface area is 762 Å². The maximum atomic E-state index is 6.20. The lowest BCUT2D eigenvalue weighted by atomic mass is 9.90. The van der Waals surface area contributed by atoms with Crippen LogP contribution in [0.1, 0.15) is 100 Å². The molecule has 23 rings (SSSR count). The summed E-state index contributed by atoms with van der Waals surface area (Å²) in [6.07, 6.45) is 26.1. The van der Waals surface area contributed by atoms with Gasteiger partial charge >= 0.3 is 0 Å². The number of anilines is 10. The van der Waals surface area contributed by atoms with Gasteiger partial charge in [0.05, 0.1) is 93.7 Å². The molecule has 26 nitrogen and oxygen atoms in total. The predicted molar refractivity (Wildman–Crippen MR) is 521 cm³/mol. The van der Waals surface area contributed by atoms with Crippen molar-refractivity contribution >= 4 is 124 Å². The predicted octanol–water partition coefficient (Wildman–Crippen LogP) is 16.5. The van der Waals surface area contributed by atoms with Crippen LogP contribution in [0.2, 0.25) is 5.28 Å². The van der Waals surface area contributed by atoms with Crippen molar-refractivity contribution in [2.24, 2.45) is 5.92 Å². The summed E-state index contributed by atoms with van der Waals surface area (Å²) in [7, 11) is 0. The first kappa shape index (κ1) is 87.0. The van der Waals surface area contributed by atoms with E-state index in [-0.39, 0.29) is 0 Å². The monoisotopic (exact) mass is 1760 g/mol. The summed E-state index contributed by atoms with van der Waals surface area (Å²) >= 11 is 6.20. The normalized spacial score (nSPS) is 20.2. The first-order valence-corrected chi connectivity index (χ1v) is 47.8. The van der Waals surface area contributed by atoms with Crippen molar-refractivity contribution in [3.63, 3.8) is 0 Å². The molecule has 0 bridgehead atoms. The number of benzene rings is 7. The second kappa shape index (κ2) is 42.9. The fourth-order valence-electron chi connectivity index (χ4n) is 20.3. The third-order valence-corrected chi connectivity index (χ3v) is 27.3. The Morgan fingerprint density at radius 3 is 0.922 bits per heavy atom. The number of rotatable bonds is 14. The van der Waals surface area contributed by atoms with Crippen LogP contribution in [-0.2, 0) is 30.2 Å². The van der Waals surface area contributed by atoms with Gasteiger partial charge in [-0.2, -0.15) is 4.98 Å². The summed E-state index contributed by atoms with van der Waals surface area (Å²) in [5, 5.41) is 6.04. The van der Waals surface area contributed by atoms with Crippen LogP contribution in [0.3, 0.4) is 0 Å². The van der Waals surface area contributed by atoms with Crippen molar-refractivity contribution in [1.82, 2.24) is 54.4 Å². The number of aromatic nitrogens is 11. The summed E-state index contributed by atoms with van der Waals surface area (Å²) in [4.78, 5) is 69.7. The SMILES string of the molecule is Clc1nc(N2CCCCC2)c2ccc(N3CCOCC3)cc2n1.c1ccc(C2CCCN(c3ncnc4cc(N5CCOCC5)ccc34)C2)cc1.c1ccc([C@H]2CCCN(c3ncnc4cc(N5CCOCC5)ccc34)C2)cc1.c1ccn(CC2CCCN(c3ncnc4cc(N5CCOCC5)ccc34)C2)c1.c1nc(N2CCCCC2)c2ccc(N3CCOCC3)cc2n1. The fourth-order valence-corrected chi connectivity index (χ4v) is 20.5. The quantitative estimate of drug-likeness (QED) is 0.0926. The Morgan fingerprint density at radius 2 is 0.566 bits per heavy atom. The molecule has 0 saturated carbocycles. The van der Waals surface area contributed by atoms with Crippen LogP contribution in [0.25, 0.3) is 54.5 Å². The number of fused-ring (bicyclic) bond motifs is 5. The summed E-state index contributed by atoms with van der Waals surface area (Å²) in [6.45, 7) is 29.0. The Bertz CT molecular complexity index is 5610. The maximum absolute atomic E-state index is 6.20. The van der Waals surface area contributed by atoms with Gasteiger partial charge in [-0.05, 0) is 209 Å². The van der Waals surface area contributed by atoms with E-state index in [1.807, 2.05) is 0 Å². The van der Waals surface area contributed by atoms with Crippen LogP contribution in [0.5, 0.6) is 0 Å². The Morgan fingerprint density at radius 1 is 0.264 bits per heavy atom. The molecule has 672 valence electrons. The highest BCUT2D eigenvalue weighted by Crippen LogP contribution is 2.39. The maximum Gasteiger partial charge on any atom is 0.224 e. The molecule has 0 N–H and O–H groups in total. The number of ether oxygens (including phenoxy) is 5. The fraction of sp³-hybridized carbons (Fsp3) is 0.451. The van der Waals surface area contributed by atoms with Crippen molar-refractivity contribution in [3.8, 4) is 0 Å². The van der Waals surface area contributed by atoms with Gasteiger partial charge in [-0.15, -0.1) is 0 Å². The molecule has 129 heavy (non-hydrogen) atoms. The third-order valence-electron chi connectivity index (χ3n) is 27.2. The van der Waals surface area contributed by atoms with E-state index >= 15 is 0 Å². The smallest absolute Gasteiger partial charge is 0.224 e. The molecular weight excluding hydrogens is 1630 g/mol. The zero-order chi connectivity index (χ0) is 86.7. The van der Waals surface area contributed by atoms with Crippen LogP contribution in [0.15, 0.2) is 201 Å². The summed E-state index contributed by atoms with van der Waals surface area (Å²) in [5.41, 5.74) is 14.0. The molecule has 3 atom stereocenters. The van der Waals surface area contributed by atoms with E-state index in [1.165, 1.54) is 122 Å². The number of nitrogens with zero attached hydrogens (tertiary/aromatic N) is 21. The van der Waals surface area contributed by atoms with E-state index in [0.29, 0.717) is 23.0 Å². The Hall–Kier alpha value is -11.4. The van der Waals surface area contributed by atoms with Crippen molar-refractivity contribution in [3.05, 3.63) is 218 Å². The van der Waals surface area contributed by atoms with Gasteiger partial charge < -0.3 is 77.3 Å². The van der Waals surface area contributed by atoms with E-state index in [9.17, 15) is 0 Å². The van der Waals surface area contributed by atoms with Gasteiger partial charge in [0.2, 0.25) is 5.28 Å². The van der Waals surface area contributed by atoms with E-state index in [4.69, 9.17) is 35.3 Å². The number of hydrogen-bond acceptors (Lipinski definition) is 25. The zero-order valence-electron chi connectivity index (χ0n) is 74.5. The molecule has 10 saturated heterocycles. The lowest BCUT2D eigenvalue weighted by molar-refractivity contribution is 0.122. The summed E-state index contributed by atoms with van der Waals surface area (Å²) in [5.74, 6) is 7.07. The highest BCUT2D eigenvalue weighted by atomic mass is 35.5. The van der Waals surface area contributed by atoms with E-state index in [2.05, 4.69) is 280 Å². The second-order valence-corrected chi connectivity index (χ2v) is 35.8. The van der Waals surface area contributed by atoms with Gasteiger partial charge in [-0.3, -0.25) is 0 Å². The first-order valence-electron chi connectivity index (χ1n) is 47.4. The minimum Gasteiger partial charge on any atom is -0.378 e. The van der Waals surface area contributed by atoms with Crippen molar-refractivity contribution in [2.45, 2.75) is 95.4 Å². The van der Waals surface area contributed by atoms with Crippen LogP contribution in [0.4, 0.5) is 57.5 Å². The molecule has 0 spiro atoms. The largest absolute Gasteiger partial charge is 0.378 e. The second-order valence-electron chi connectivity index (χ2n) is 35.4. The van der Waals surface area contributed by atoms with Gasteiger partial charge in [0.25, 0.3) is 0 Å². The standard InChI is InChI=1S/2C23H26N4O.C22H27N5O.C17H21ClN4O.C17H22N4O/c2*1-2-5-18(6-3-1)19-7-4-10-27(16-19)23-21-9-8-20(15-22(21)24-17-25-23)26-11-13-28-14-12-26;1-2-8-25(7-1)15-18-4-3-9-27(16-18)22-20-6-5-19(14-21(20)23-17-24-22)26-10-12-28-13-11-26;18-17-19-15-12-13(21-8-10-23-11-9-21)4-5-14(15)16(20-17)22-6-2-1-3-7-22;1-2-6-21(7-3-1)17-15-5-4-14(12-16(15)18-13-19-17)20-8-10-22-11-9-20/h2*1-3,5-6,8-9,15,17,19H,4,7,10-14,16H2;1-2,5-8,14,17-18H,3-4,9-13,15-16H2;4-5,12H,1-3,6-11H2;4-5,12-13H,1-3,6-11H2/t19-;;;;/m0..../s1. The molecule has 16 heterocycles. The number of halogens is 1. The average Bonchev–Trinajstić information content (AvgIpc) is 2.29. The molecule has 6 aromatic heterocycles. The first-order chi connectivity index (χ1) is 63.9. The molecule has 2 unspecified atom stereocenters. The highest BCUT2D eigenvalue weighted by Gasteiger charge is 2.30. The van der Waals surface area contributed by atoms with Gasteiger partial charge in [0.15, 0.2) is 0 Å². The third kappa shape index (κ3) is 21.5. The minimum absolute atomic E-state index is 0.331. The molecule has 0 radical (unpaired) electrons. The lowest BCUT2D eigenvalue weighted by Crippen LogP contribution is -2.37. The lowest BCUT2D eigenvalue weighted by Gasteiger charge is -2.34. The van der Waals surface area contributed by atoms with Crippen molar-refractivity contribution in [2.75, 3.05) is 246 Å². The molecule has 10 fully saturated rings. The minimum atomic E-state index is 0.331. The molecule has 0 aliphatic carbocycles. The van der Waals surface area contributed by atoms with Gasteiger partial charge in [0.1, 0.15) is 54.4 Å². The van der Waals surface area contributed by atoms with Crippen LogP contribution in [-0.4, -0.2) is 251 Å². The molecule has 7 aromatic carbocycles. The highest BCUT2D eigenvalue weighted by molar-refractivity contribution is 6.29. The Kier molecular flexibility index (Phi) is 28.9. The molecule has 0 amide bonds. The van der Waals surface area contributed by atoms with Gasteiger partial charge in [0, 0.05) is 217 Å². The number of hydrogen-bond donors (Lipinski definition) is 0. The van der Waals surface area contributed by atoms with Crippen LogP contribution < -0.4 is 49.0 Å². The number of piperidine rings is 5. The van der Waals surface area contributed by atoms with Crippen LogP contribution in [0, 0.1) is 5.92 Å². The van der Waals surface area contributed by atoms with E-state index < -0.39 is 0 Å². The van der Waals surface area contributed by atoms with Crippen molar-refractivity contribution in [1.29, 1.82) is 0 Å². The molecule has 10 aliphatic rings. The molecule has 10 aliphatic heterocycles. The topological polar surface area (TPSA) is 212 Å². The number of morpholine rings is 5. The van der Waals surface area contributed by atoms with Gasteiger partial charge in [-0.1, -0.05) is 60.7 Å². The van der Waals surface area contributed by atoms with Crippen molar-refractivity contribution < 1.29 is 23.7 Å². The molecule has 27 heteroatoms. The zero-order valence-corrected chi connectivity index (χ0v) is 75.3. The van der Waals surface area contributed by atoms with Gasteiger partial charge in [-0.25, -0.2) is 44.9 Å². The van der Waals surface area contributed by atoms with E-state index in [0.717, 1.165) is 282 Å². The average molecular weight is 1760 g/mol. The van der Waals surface area contributed by atoms with E-state index in [1.54, 1.807) is 25.3 Å². The Balaban J connectivity index is 0.000000105. The molecule has 13 aromatic rings. The van der Waals surface area contributed by atoms with Crippen LogP contribution >= 0.6 is 11.6 Å². The molecular formula is C102H122ClN21O5. The summed E-state index contributed by atoms with van der Waals surface area (Å²) < 4.78 is 29.6. The summed E-state index contributed by atoms with van der Waals surface area (Å²) in [6, 6.07) is 58.8.